The number of nitrogens with zero attached hydrogens (tertiary/aromatic N) is 1. The van der Waals surface area contributed by atoms with Gasteiger partial charge in [0.15, 0.2) is 4.90 Å². The summed E-state index contributed by atoms with van der Waals surface area (Å²) in [7, 11) is -4.18. The zero-order valence-electron chi connectivity index (χ0n) is 7.99. The van der Waals surface area contributed by atoms with Crippen molar-refractivity contribution >= 4 is 15.8 Å². The van der Waals surface area contributed by atoms with Crippen LogP contribution in [0.1, 0.15) is 0 Å². The topological polar surface area (TPSA) is 86.5 Å². The summed E-state index contributed by atoms with van der Waals surface area (Å²) in [5.74, 6) is 1.97. The lowest BCUT2D eigenvalue weighted by molar-refractivity contribution is -0.387. The molecule has 1 aromatic rings. The molecule has 6 nitrogen and oxygen atoms in total. The van der Waals surface area contributed by atoms with Crippen LogP contribution in [0.5, 0.6) is 0 Å². The van der Waals surface area contributed by atoms with Crippen LogP contribution in [0, 0.1) is 22.5 Å². The van der Waals surface area contributed by atoms with Gasteiger partial charge in [0.25, 0.3) is 5.69 Å². The molecule has 84 valence electrons. The van der Waals surface area contributed by atoms with Gasteiger partial charge in [-0.25, -0.2) is 0 Å². The molecule has 16 heavy (non-hydrogen) atoms. The molecule has 0 atom stereocenters. The van der Waals surface area contributed by atoms with E-state index < -0.39 is 32.2 Å². The van der Waals surface area contributed by atoms with Crippen LogP contribution < -0.4 is 0 Å². The van der Waals surface area contributed by atoms with Crippen LogP contribution in [0.25, 0.3) is 0 Å². The summed E-state index contributed by atoms with van der Waals surface area (Å²) in [5, 5.41) is 10.6. The van der Waals surface area contributed by atoms with Crippen LogP contribution >= 0.6 is 0 Å². The number of nitro benzene ring substituents is 1. The second-order valence-corrected chi connectivity index (χ2v) is 4.23. The highest BCUT2D eigenvalue weighted by Gasteiger charge is 2.25. The highest BCUT2D eigenvalue weighted by Crippen LogP contribution is 2.24. The van der Waals surface area contributed by atoms with Crippen molar-refractivity contribution in [1.82, 2.24) is 0 Å². The zero-order valence-corrected chi connectivity index (χ0v) is 8.81. The van der Waals surface area contributed by atoms with Gasteiger partial charge in [0.05, 0.1) is 4.92 Å². The maximum atomic E-state index is 11.5. The average Bonchev–Trinajstić information content (AvgIpc) is 2.26. The molecule has 1 rings (SSSR count). The fourth-order valence-corrected chi connectivity index (χ4v) is 1.99. The van der Waals surface area contributed by atoms with Crippen LogP contribution in [-0.4, -0.2) is 19.9 Å². The molecule has 7 heteroatoms. The molecule has 0 saturated heterocycles. The number of nitro groups is 1. The molecule has 0 heterocycles. The minimum Gasteiger partial charge on any atom is -0.258 e. The monoisotopic (exact) mass is 241 g/mol. The Hall–Kier alpha value is -1.91. The molecule has 0 amide bonds. The number of hydrogen-bond acceptors (Lipinski definition) is 5. The Balaban J connectivity index is 3.23. The van der Waals surface area contributed by atoms with Crippen molar-refractivity contribution in [3.63, 3.8) is 0 Å². The number of terminal acetylenes is 1. The Morgan fingerprint density at radius 3 is 2.62 bits per heavy atom. The van der Waals surface area contributed by atoms with E-state index in [1.807, 2.05) is 5.92 Å². The molecule has 0 bridgehead atoms. The molecular formula is C9H7NO5S. The molecule has 0 fully saturated rings. The second-order valence-electron chi connectivity index (χ2n) is 2.65. The van der Waals surface area contributed by atoms with Gasteiger partial charge in [-0.05, 0) is 6.07 Å². The third-order valence-corrected chi connectivity index (χ3v) is 2.94. The Kier molecular flexibility index (Phi) is 3.60. The Morgan fingerprint density at radius 2 is 2.06 bits per heavy atom. The summed E-state index contributed by atoms with van der Waals surface area (Å²) in [6.45, 7) is -0.464. The molecule has 0 aliphatic carbocycles. The molecule has 0 N–H and O–H groups in total. The van der Waals surface area contributed by atoms with Crippen molar-refractivity contribution in [2.24, 2.45) is 0 Å². The van der Waals surface area contributed by atoms with Gasteiger partial charge in [0.2, 0.25) is 0 Å². The van der Waals surface area contributed by atoms with E-state index in [1.165, 1.54) is 12.1 Å². The molecule has 0 aliphatic heterocycles. The van der Waals surface area contributed by atoms with Gasteiger partial charge in [-0.3, -0.25) is 14.3 Å². The van der Waals surface area contributed by atoms with Crippen molar-refractivity contribution in [2.45, 2.75) is 4.90 Å². The zero-order chi connectivity index (χ0) is 12.2. The lowest BCUT2D eigenvalue weighted by atomic mass is 10.3. The van der Waals surface area contributed by atoms with E-state index >= 15 is 0 Å². The predicted molar refractivity (Wildman–Crippen MR) is 55.1 cm³/mol. The van der Waals surface area contributed by atoms with Gasteiger partial charge >= 0.3 is 10.1 Å². The average molecular weight is 241 g/mol. The molecule has 0 aliphatic rings. The fraction of sp³-hybridized carbons (Fsp3) is 0.111. The molecular weight excluding hydrogens is 234 g/mol. The lowest BCUT2D eigenvalue weighted by Crippen LogP contribution is -2.09. The number of rotatable bonds is 4. The third-order valence-electron chi connectivity index (χ3n) is 1.63. The van der Waals surface area contributed by atoms with Gasteiger partial charge in [-0.2, -0.15) is 8.42 Å². The summed E-state index contributed by atoms with van der Waals surface area (Å²) in [6.07, 6.45) is 4.84. The summed E-state index contributed by atoms with van der Waals surface area (Å²) in [4.78, 5) is 9.28. The van der Waals surface area contributed by atoms with E-state index in [0.717, 1.165) is 12.1 Å². The van der Waals surface area contributed by atoms with Crippen LogP contribution in [0.2, 0.25) is 0 Å². The molecule has 0 aromatic heterocycles. The minimum absolute atomic E-state index is 0.464. The van der Waals surface area contributed by atoms with Crippen molar-refractivity contribution in [3.8, 4) is 12.3 Å². The van der Waals surface area contributed by atoms with Gasteiger partial charge in [-0.15, -0.1) is 6.42 Å². The van der Waals surface area contributed by atoms with E-state index in [9.17, 15) is 18.5 Å². The second kappa shape index (κ2) is 4.74. The summed E-state index contributed by atoms with van der Waals surface area (Å²) < 4.78 is 27.4. The van der Waals surface area contributed by atoms with Gasteiger partial charge in [-0.1, -0.05) is 18.1 Å². The first-order chi connectivity index (χ1) is 7.49. The first-order valence-electron chi connectivity index (χ1n) is 4.05. The van der Waals surface area contributed by atoms with Crippen LogP contribution in [0.3, 0.4) is 0 Å². The van der Waals surface area contributed by atoms with Crippen molar-refractivity contribution < 1.29 is 17.5 Å². The Morgan fingerprint density at radius 1 is 1.44 bits per heavy atom. The van der Waals surface area contributed by atoms with E-state index in [-0.39, 0.29) is 0 Å². The maximum absolute atomic E-state index is 11.5. The SMILES string of the molecule is C#CCOS(=O)(=O)c1ccccc1[N+](=O)[O-]. The Bertz CT molecular complexity index is 543. The van der Waals surface area contributed by atoms with Crippen molar-refractivity contribution in [3.05, 3.63) is 34.4 Å². The molecule has 0 radical (unpaired) electrons. The van der Waals surface area contributed by atoms with E-state index in [1.54, 1.807) is 0 Å². The third kappa shape index (κ3) is 2.56. The summed E-state index contributed by atoms with van der Waals surface area (Å²) in [6, 6.07) is 4.88. The van der Waals surface area contributed by atoms with E-state index in [2.05, 4.69) is 4.18 Å². The first kappa shape index (κ1) is 12.2. The molecule has 1 aromatic carbocycles. The normalized spacial score (nSPS) is 10.7. The lowest BCUT2D eigenvalue weighted by Gasteiger charge is -2.02. The molecule has 0 unspecified atom stereocenters. The quantitative estimate of drug-likeness (QED) is 0.339. The highest BCUT2D eigenvalue weighted by molar-refractivity contribution is 7.87. The van der Waals surface area contributed by atoms with Crippen molar-refractivity contribution in [2.75, 3.05) is 6.61 Å². The fourth-order valence-electron chi connectivity index (χ4n) is 0.994. The van der Waals surface area contributed by atoms with E-state index in [4.69, 9.17) is 6.42 Å². The van der Waals surface area contributed by atoms with Crippen LogP contribution in [0.4, 0.5) is 5.69 Å². The first-order valence-corrected chi connectivity index (χ1v) is 5.46. The van der Waals surface area contributed by atoms with E-state index in [0.29, 0.717) is 0 Å². The Labute approximate surface area is 92.1 Å². The predicted octanol–water partition coefficient (Wildman–Crippen LogP) is 0.933. The molecule has 0 saturated carbocycles. The summed E-state index contributed by atoms with van der Waals surface area (Å²) in [5.41, 5.74) is -0.542. The van der Waals surface area contributed by atoms with Crippen LogP contribution in [0.15, 0.2) is 29.2 Å². The minimum atomic E-state index is -4.18. The van der Waals surface area contributed by atoms with Crippen LogP contribution in [-0.2, 0) is 14.3 Å². The van der Waals surface area contributed by atoms with Crippen molar-refractivity contribution in [1.29, 1.82) is 0 Å². The standard InChI is InChI=1S/C9H7NO5S/c1-2-7-15-16(13,14)9-6-4-3-5-8(9)10(11)12/h1,3-6H,7H2. The smallest absolute Gasteiger partial charge is 0.258 e. The van der Waals surface area contributed by atoms with Gasteiger partial charge in [0.1, 0.15) is 6.61 Å². The maximum Gasteiger partial charge on any atom is 0.304 e. The van der Waals surface area contributed by atoms with Gasteiger partial charge < -0.3 is 0 Å². The molecule has 0 spiro atoms. The largest absolute Gasteiger partial charge is 0.304 e. The number of hydrogen-bond donors (Lipinski definition) is 0. The number of para-hydroxylation sites is 1. The number of benzene rings is 1. The van der Waals surface area contributed by atoms with Gasteiger partial charge in [0, 0.05) is 6.07 Å². The highest BCUT2D eigenvalue weighted by atomic mass is 32.2. The summed E-state index contributed by atoms with van der Waals surface area (Å²) >= 11 is 0.